The summed E-state index contributed by atoms with van der Waals surface area (Å²) in [4.78, 5) is 4.43. The first-order chi connectivity index (χ1) is 9.58. The molecule has 0 saturated heterocycles. The third-order valence-corrected chi connectivity index (χ3v) is 5.16. The van der Waals surface area contributed by atoms with Gasteiger partial charge in [-0.2, -0.15) is 0 Å². The van der Waals surface area contributed by atoms with Crippen molar-refractivity contribution in [2.75, 3.05) is 12.3 Å². The van der Waals surface area contributed by atoms with E-state index >= 15 is 0 Å². The second kappa shape index (κ2) is 6.74. The van der Waals surface area contributed by atoms with Crippen LogP contribution in [0.5, 0.6) is 0 Å². The van der Waals surface area contributed by atoms with Gasteiger partial charge in [0.2, 0.25) is 0 Å². The van der Waals surface area contributed by atoms with Crippen molar-refractivity contribution in [2.24, 2.45) is 10.7 Å². The van der Waals surface area contributed by atoms with E-state index in [4.69, 9.17) is 5.73 Å². The maximum absolute atomic E-state index is 12.0. The Morgan fingerprint density at radius 2 is 1.90 bits per heavy atom. The van der Waals surface area contributed by atoms with E-state index in [-0.39, 0.29) is 12.3 Å². The molecule has 3 N–H and O–H groups in total. The summed E-state index contributed by atoms with van der Waals surface area (Å²) in [5.74, 6) is 0.324. The van der Waals surface area contributed by atoms with Crippen molar-refractivity contribution in [2.45, 2.75) is 36.6 Å². The summed E-state index contributed by atoms with van der Waals surface area (Å²) in [5.41, 5.74) is 5.77. The van der Waals surface area contributed by atoms with Crippen molar-refractivity contribution < 1.29 is 8.42 Å². The molecule has 0 atom stereocenters. The van der Waals surface area contributed by atoms with E-state index in [0.717, 1.165) is 12.8 Å². The standard InChI is InChI=1S/C14H21N3O2S/c15-14(17-12-6-4-5-7-12)16-10-11-20(18,19)13-8-2-1-3-9-13/h1-3,8-9,12H,4-7,10-11H2,(H3,15,16,17). The molecule has 20 heavy (non-hydrogen) atoms. The normalized spacial score (nSPS) is 17.3. The SMILES string of the molecule is NC(=NCCS(=O)(=O)c1ccccc1)NC1CCCC1. The molecule has 0 radical (unpaired) electrons. The highest BCUT2D eigenvalue weighted by Gasteiger charge is 2.15. The highest BCUT2D eigenvalue weighted by atomic mass is 32.2. The van der Waals surface area contributed by atoms with Gasteiger partial charge in [0.05, 0.1) is 17.2 Å². The molecule has 5 nitrogen and oxygen atoms in total. The molecular weight excluding hydrogens is 274 g/mol. The minimum atomic E-state index is -3.27. The van der Waals surface area contributed by atoms with Gasteiger partial charge in [-0.05, 0) is 25.0 Å². The average molecular weight is 295 g/mol. The Kier molecular flexibility index (Phi) is 5.00. The summed E-state index contributed by atoms with van der Waals surface area (Å²) in [6.45, 7) is 0.183. The molecule has 0 spiro atoms. The molecule has 0 aromatic heterocycles. The zero-order valence-electron chi connectivity index (χ0n) is 11.5. The third kappa shape index (κ3) is 4.23. The lowest BCUT2D eigenvalue weighted by Crippen LogP contribution is -2.38. The minimum absolute atomic E-state index is 0.0238. The fourth-order valence-electron chi connectivity index (χ4n) is 2.36. The number of nitrogens with one attached hydrogen (secondary N) is 1. The van der Waals surface area contributed by atoms with E-state index in [1.165, 1.54) is 12.8 Å². The molecule has 1 aromatic carbocycles. The number of rotatable bonds is 5. The number of nitrogens with zero attached hydrogens (tertiary/aromatic N) is 1. The molecule has 1 aliphatic carbocycles. The molecule has 0 heterocycles. The molecule has 1 fully saturated rings. The Hall–Kier alpha value is -1.56. The minimum Gasteiger partial charge on any atom is -0.370 e. The summed E-state index contributed by atoms with van der Waals surface area (Å²) in [7, 11) is -3.27. The Labute approximate surface area is 120 Å². The molecule has 0 aliphatic heterocycles. The van der Waals surface area contributed by atoms with E-state index in [0.29, 0.717) is 16.9 Å². The van der Waals surface area contributed by atoms with Gasteiger partial charge >= 0.3 is 0 Å². The van der Waals surface area contributed by atoms with Crippen molar-refractivity contribution in [3.63, 3.8) is 0 Å². The van der Waals surface area contributed by atoms with Gasteiger partial charge in [-0.1, -0.05) is 31.0 Å². The molecule has 1 aliphatic rings. The van der Waals surface area contributed by atoms with Crippen molar-refractivity contribution >= 4 is 15.8 Å². The van der Waals surface area contributed by atoms with E-state index < -0.39 is 9.84 Å². The molecule has 0 bridgehead atoms. The number of benzene rings is 1. The van der Waals surface area contributed by atoms with Crippen LogP contribution in [0.15, 0.2) is 40.2 Å². The molecule has 0 unspecified atom stereocenters. The van der Waals surface area contributed by atoms with Gasteiger partial charge in [-0.3, -0.25) is 4.99 Å². The smallest absolute Gasteiger partial charge is 0.188 e. The molecule has 0 amide bonds. The highest BCUT2D eigenvalue weighted by molar-refractivity contribution is 7.91. The van der Waals surface area contributed by atoms with Gasteiger partial charge in [0.25, 0.3) is 0 Å². The molecule has 110 valence electrons. The van der Waals surface area contributed by atoms with Crippen LogP contribution in [0, 0.1) is 0 Å². The van der Waals surface area contributed by atoms with Crippen LogP contribution in [0.3, 0.4) is 0 Å². The van der Waals surface area contributed by atoms with Crippen LogP contribution in [0.25, 0.3) is 0 Å². The van der Waals surface area contributed by atoms with Crippen LogP contribution in [-0.2, 0) is 9.84 Å². The monoisotopic (exact) mass is 295 g/mol. The van der Waals surface area contributed by atoms with Crippen LogP contribution in [0.4, 0.5) is 0 Å². The van der Waals surface area contributed by atoms with E-state index in [2.05, 4.69) is 10.3 Å². The summed E-state index contributed by atoms with van der Waals surface area (Å²) < 4.78 is 24.1. The predicted octanol–water partition coefficient (Wildman–Crippen LogP) is 1.31. The van der Waals surface area contributed by atoms with Crippen molar-refractivity contribution in [3.8, 4) is 0 Å². The maximum Gasteiger partial charge on any atom is 0.188 e. The van der Waals surface area contributed by atoms with Gasteiger partial charge in [0, 0.05) is 6.04 Å². The van der Waals surface area contributed by atoms with Gasteiger partial charge in [0.15, 0.2) is 15.8 Å². The fraction of sp³-hybridized carbons (Fsp3) is 0.500. The predicted molar refractivity (Wildman–Crippen MR) is 80.4 cm³/mol. The summed E-state index contributed by atoms with van der Waals surface area (Å²) in [6, 6.07) is 8.81. The molecule has 1 aromatic rings. The van der Waals surface area contributed by atoms with Gasteiger partial charge in [-0.25, -0.2) is 8.42 Å². The number of guanidine groups is 1. The summed E-state index contributed by atoms with van der Waals surface area (Å²) in [6.07, 6.45) is 4.65. The average Bonchev–Trinajstić information content (AvgIpc) is 2.92. The van der Waals surface area contributed by atoms with Gasteiger partial charge < -0.3 is 11.1 Å². The first kappa shape index (κ1) is 14.8. The van der Waals surface area contributed by atoms with E-state index in [9.17, 15) is 8.42 Å². The molecule has 1 saturated carbocycles. The molecule has 2 rings (SSSR count). The number of nitrogens with two attached hydrogens (primary N) is 1. The summed E-state index contributed by atoms with van der Waals surface area (Å²) >= 11 is 0. The lowest BCUT2D eigenvalue weighted by atomic mass is 10.3. The zero-order chi connectivity index (χ0) is 14.4. The van der Waals surface area contributed by atoms with Crippen LogP contribution >= 0.6 is 0 Å². The zero-order valence-corrected chi connectivity index (χ0v) is 12.3. The third-order valence-electron chi connectivity index (χ3n) is 3.45. The van der Waals surface area contributed by atoms with Gasteiger partial charge in [-0.15, -0.1) is 0 Å². The number of sulfone groups is 1. The van der Waals surface area contributed by atoms with Crippen LogP contribution in [0.1, 0.15) is 25.7 Å². The van der Waals surface area contributed by atoms with Crippen molar-refractivity contribution in [3.05, 3.63) is 30.3 Å². The topological polar surface area (TPSA) is 84.5 Å². The van der Waals surface area contributed by atoms with Gasteiger partial charge in [0.1, 0.15) is 0 Å². The van der Waals surface area contributed by atoms with Crippen molar-refractivity contribution in [1.82, 2.24) is 5.32 Å². The lowest BCUT2D eigenvalue weighted by molar-refractivity contribution is 0.595. The molecule has 6 heteroatoms. The first-order valence-electron chi connectivity index (χ1n) is 6.92. The Morgan fingerprint density at radius 1 is 1.25 bits per heavy atom. The number of aliphatic imine (C=N–C) groups is 1. The fourth-order valence-corrected chi connectivity index (χ4v) is 3.50. The Balaban J connectivity index is 1.85. The maximum atomic E-state index is 12.0. The Bertz CT molecular complexity index is 549. The number of hydrogen-bond donors (Lipinski definition) is 2. The second-order valence-corrected chi connectivity index (χ2v) is 7.13. The van der Waals surface area contributed by atoms with E-state index in [1.54, 1.807) is 30.3 Å². The van der Waals surface area contributed by atoms with Crippen molar-refractivity contribution in [1.29, 1.82) is 0 Å². The quantitative estimate of drug-likeness (QED) is 0.633. The number of hydrogen-bond acceptors (Lipinski definition) is 3. The lowest BCUT2D eigenvalue weighted by Gasteiger charge is -2.12. The Morgan fingerprint density at radius 3 is 2.55 bits per heavy atom. The largest absolute Gasteiger partial charge is 0.370 e. The van der Waals surface area contributed by atoms with Crippen LogP contribution < -0.4 is 11.1 Å². The summed E-state index contributed by atoms with van der Waals surface area (Å²) in [5, 5.41) is 3.14. The molecular formula is C14H21N3O2S. The van der Waals surface area contributed by atoms with Crippen LogP contribution in [0.2, 0.25) is 0 Å². The highest BCUT2D eigenvalue weighted by Crippen LogP contribution is 2.17. The first-order valence-corrected chi connectivity index (χ1v) is 8.57. The van der Waals surface area contributed by atoms with Crippen LogP contribution in [-0.4, -0.2) is 32.7 Å². The van der Waals surface area contributed by atoms with E-state index in [1.807, 2.05) is 0 Å². The second-order valence-electron chi connectivity index (χ2n) is 5.02.